The molecule has 1 aliphatic carbocycles. The zero-order chi connectivity index (χ0) is 17.1. The summed E-state index contributed by atoms with van der Waals surface area (Å²) >= 11 is 1.36. The molecule has 0 saturated heterocycles. The van der Waals surface area contributed by atoms with Gasteiger partial charge in [-0.2, -0.15) is 0 Å². The van der Waals surface area contributed by atoms with E-state index in [2.05, 4.69) is 24.1 Å². The molecule has 1 saturated carbocycles. The van der Waals surface area contributed by atoms with Crippen molar-refractivity contribution >= 4 is 28.6 Å². The number of nitrogens with one attached hydrogen (secondary N) is 1. The lowest BCUT2D eigenvalue weighted by atomic mass is 10.2. The van der Waals surface area contributed by atoms with Crippen LogP contribution in [0.4, 0.5) is 0 Å². The minimum absolute atomic E-state index is 0.00143. The fourth-order valence-corrected chi connectivity index (χ4v) is 3.65. The summed E-state index contributed by atoms with van der Waals surface area (Å²) < 4.78 is 1.78. The lowest BCUT2D eigenvalue weighted by Crippen LogP contribution is -2.35. The second-order valence-electron chi connectivity index (χ2n) is 6.19. The molecule has 1 amide bonds. The van der Waals surface area contributed by atoms with E-state index in [9.17, 15) is 9.59 Å². The van der Waals surface area contributed by atoms with Gasteiger partial charge in [0, 0.05) is 12.1 Å². The molecule has 1 aromatic heterocycles. The van der Waals surface area contributed by atoms with Crippen LogP contribution in [0.3, 0.4) is 0 Å². The highest BCUT2D eigenvalue weighted by Gasteiger charge is 2.28. The van der Waals surface area contributed by atoms with Crippen LogP contribution in [0.25, 0.3) is 10.9 Å². The summed E-state index contributed by atoms with van der Waals surface area (Å²) in [4.78, 5) is 29.5. The van der Waals surface area contributed by atoms with E-state index in [1.165, 1.54) is 11.8 Å². The molecule has 0 spiro atoms. The van der Waals surface area contributed by atoms with Crippen molar-refractivity contribution in [3.63, 3.8) is 0 Å². The molecule has 2 aromatic rings. The van der Waals surface area contributed by atoms with Crippen LogP contribution in [0.15, 0.2) is 34.2 Å². The third-order valence-electron chi connectivity index (χ3n) is 4.37. The number of hydrogen-bond acceptors (Lipinski definition) is 4. The number of thioether (sulfide) groups is 1. The van der Waals surface area contributed by atoms with E-state index in [0.29, 0.717) is 16.1 Å². The Morgan fingerprint density at radius 3 is 2.71 bits per heavy atom. The van der Waals surface area contributed by atoms with E-state index in [4.69, 9.17) is 0 Å². The molecule has 1 heterocycles. The summed E-state index contributed by atoms with van der Waals surface area (Å²) in [5, 5.41) is 4.33. The second kappa shape index (κ2) is 7.38. The van der Waals surface area contributed by atoms with Crippen molar-refractivity contribution in [2.45, 2.75) is 56.8 Å². The van der Waals surface area contributed by atoms with Gasteiger partial charge < -0.3 is 5.32 Å². The summed E-state index contributed by atoms with van der Waals surface area (Å²) in [6.45, 7) is 4.13. The number of hydrogen-bond donors (Lipinski definition) is 1. The Balaban J connectivity index is 1.82. The van der Waals surface area contributed by atoms with E-state index in [1.54, 1.807) is 4.57 Å². The van der Waals surface area contributed by atoms with Crippen molar-refractivity contribution in [1.82, 2.24) is 14.9 Å². The van der Waals surface area contributed by atoms with Gasteiger partial charge in [0.2, 0.25) is 5.91 Å². The number of carbonyl (C=O) groups excluding carboxylic acids is 1. The van der Waals surface area contributed by atoms with Crippen LogP contribution >= 0.6 is 11.8 Å². The molecular formula is C18H23N3O2S. The third kappa shape index (κ3) is 3.64. The van der Waals surface area contributed by atoms with E-state index in [0.717, 1.165) is 25.7 Å². The molecule has 0 unspecified atom stereocenters. The Hall–Kier alpha value is -1.82. The van der Waals surface area contributed by atoms with Crippen LogP contribution in [0, 0.1) is 0 Å². The van der Waals surface area contributed by atoms with Gasteiger partial charge >= 0.3 is 0 Å². The second-order valence-corrected chi connectivity index (χ2v) is 7.13. The zero-order valence-corrected chi connectivity index (χ0v) is 14.9. The van der Waals surface area contributed by atoms with Gasteiger partial charge in [0.25, 0.3) is 5.56 Å². The maximum absolute atomic E-state index is 12.8. The molecule has 24 heavy (non-hydrogen) atoms. The van der Waals surface area contributed by atoms with Gasteiger partial charge in [-0.3, -0.25) is 14.2 Å². The van der Waals surface area contributed by atoms with Gasteiger partial charge in [0.15, 0.2) is 5.16 Å². The summed E-state index contributed by atoms with van der Waals surface area (Å²) in [6, 6.07) is 7.86. The van der Waals surface area contributed by atoms with Crippen LogP contribution in [-0.2, 0) is 4.79 Å². The van der Waals surface area contributed by atoms with Crippen LogP contribution < -0.4 is 10.9 Å². The van der Waals surface area contributed by atoms with Crippen molar-refractivity contribution in [2.75, 3.05) is 5.75 Å². The standard InChI is InChI=1S/C18H23N3O2S/c1-3-12(4-2)19-16(22)11-24-18-20-15-8-6-5-7-14(15)17(23)21(18)13-9-10-13/h5-8,12-13H,3-4,9-11H2,1-2H3,(H,19,22). The molecule has 1 aliphatic rings. The van der Waals surface area contributed by atoms with E-state index < -0.39 is 0 Å². The monoisotopic (exact) mass is 345 g/mol. The maximum atomic E-state index is 12.8. The number of fused-ring (bicyclic) bond motifs is 1. The van der Waals surface area contributed by atoms with Gasteiger partial charge in [0.05, 0.1) is 16.7 Å². The Morgan fingerprint density at radius 2 is 2.04 bits per heavy atom. The fraction of sp³-hybridized carbons (Fsp3) is 0.500. The predicted molar refractivity (Wildman–Crippen MR) is 97.5 cm³/mol. The molecule has 0 atom stereocenters. The molecule has 1 N–H and O–H groups in total. The van der Waals surface area contributed by atoms with Crippen LogP contribution in [0.2, 0.25) is 0 Å². The quantitative estimate of drug-likeness (QED) is 0.618. The maximum Gasteiger partial charge on any atom is 0.262 e. The summed E-state index contributed by atoms with van der Waals surface area (Å²) in [6.07, 6.45) is 3.86. The fourth-order valence-electron chi connectivity index (χ4n) is 2.77. The first-order valence-corrected chi connectivity index (χ1v) is 9.56. The third-order valence-corrected chi connectivity index (χ3v) is 5.32. The molecule has 3 rings (SSSR count). The Kier molecular flexibility index (Phi) is 5.23. The number of amides is 1. The largest absolute Gasteiger partial charge is 0.353 e. The van der Waals surface area contributed by atoms with Gasteiger partial charge in [0.1, 0.15) is 0 Å². The zero-order valence-electron chi connectivity index (χ0n) is 14.1. The SMILES string of the molecule is CCC(CC)NC(=O)CSc1nc2ccccc2c(=O)n1C1CC1. The molecule has 128 valence electrons. The van der Waals surface area contributed by atoms with Crippen LogP contribution in [-0.4, -0.2) is 27.3 Å². The Morgan fingerprint density at radius 1 is 1.33 bits per heavy atom. The Labute approximate surface area is 145 Å². The normalized spacial score (nSPS) is 14.3. The lowest BCUT2D eigenvalue weighted by molar-refractivity contribution is -0.119. The number of aromatic nitrogens is 2. The molecule has 1 fully saturated rings. The first kappa shape index (κ1) is 17.0. The number of para-hydroxylation sites is 1. The van der Waals surface area contributed by atoms with Crippen molar-refractivity contribution in [2.24, 2.45) is 0 Å². The van der Waals surface area contributed by atoms with Crippen LogP contribution in [0.5, 0.6) is 0 Å². The van der Waals surface area contributed by atoms with Gasteiger partial charge in [-0.1, -0.05) is 37.7 Å². The summed E-state index contributed by atoms with van der Waals surface area (Å²) in [5.74, 6) is 0.284. The van der Waals surface area contributed by atoms with Gasteiger partial charge in [-0.25, -0.2) is 4.98 Å². The first-order chi connectivity index (χ1) is 11.6. The smallest absolute Gasteiger partial charge is 0.262 e. The molecule has 0 radical (unpaired) electrons. The van der Waals surface area contributed by atoms with Crippen molar-refractivity contribution in [3.8, 4) is 0 Å². The minimum atomic E-state index is -0.00143. The summed E-state index contributed by atoms with van der Waals surface area (Å²) in [7, 11) is 0. The highest BCUT2D eigenvalue weighted by Crippen LogP contribution is 2.36. The lowest BCUT2D eigenvalue weighted by Gasteiger charge is -2.15. The number of rotatable bonds is 7. The van der Waals surface area contributed by atoms with E-state index in [1.807, 2.05) is 24.3 Å². The molecule has 1 aromatic carbocycles. The highest BCUT2D eigenvalue weighted by atomic mass is 32.2. The molecule has 0 bridgehead atoms. The Bertz CT molecular complexity index is 794. The molecule has 0 aliphatic heterocycles. The number of carbonyl (C=O) groups is 1. The van der Waals surface area contributed by atoms with Crippen molar-refractivity contribution < 1.29 is 4.79 Å². The van der Waals surface area contributed by atoms with Gasteiger partial charge in [-0.05, 0) is 37.8 Å². The van der Waals surface area contributed by atoms with E-state index >= 15 is 0 Å². The topological polar surface area (TPSA) is 64.0 Å². The number of nitrogens with zero attached hydrogens (tertiary/aromatic N) is 2. The van der Waals surface area contributed by atoms with Crippen LogP contribution in [0.1, 0.15) is 45.6 Å². The van der Waals surface area contributed by atoms with Crippen molar-refractivity contribution in [1.29, 1.82) is 0 Å². The van der Waals surface area contributed by atoms with Gasteiger partial charge in [-0.15, -0.1) is 0 Å². The minimum Gasteiger partial charge on any atom is -0.353 e. The molecular weight excluding hydrogens is 322 g/mol. The first-order valence-electron chi connectivity index (χ1n) is 8.57. The molecule has 5 nitrogen and oxygen atoms in total. The summed E-state index contributed by atoms with van der Waals surface area (Å²) in [5.41, 5.74) is 0.702. The predicted octanol–water partition coefficient (Wildman–Crippen LogP) is 3.13. The average molecular weight is 345 g/mol. The molecule has 6 heteroatoms. The number of benzene rings is 1. The van der Waals surface area contributed by atoms with E-state index in [-0.39, 0.29) is 29.3 Å². The average Bonchev–Trinajstić information content (AvgIpc) is 3.42. The highest BCUT2D eigenvalue weighted by molar-refractivity contribution is 7.99. The van der Waals surface area contributed by atoms with Crippen molar-refractivity contribution in [3.05, 3.63) is 34.6 Å².